The molecule has 1 aromatic heterocycles. The summed E-state index contributed by atoms with van der Waals surface area (Å²) in [6.07, 6.45) is 3.03. The predicted octanol–water partition coefficient (Wildman–Crippen LogP) is 3.18. The molecule has 0 amide bonds. The molecule has 0 saturated carbocycles. The van der Waals surface area contributed by atoms with Crippen LogP contribution in [0.1, 0.15) is 17.5 Å². The summed E-state index contributed by atoms with van der Waals surface area (Å²) >= 11 is 5.73. The molecule has 110 valence electrons. The standard InChI is InChI=1S/C15H15ClN2O2S/c1-11-4-6-14-12(9-11)3-2-8-18(14)21(19,20)13-5-7-15(16)17-10-13/h4-7,9-10H,2-3,8H2,1H3. The number of aryl methyl sites for hydroxylation is 2. The molecule has 3 rings (SSSR count). The monoisotopic (exact) mass is 322 g/mol. The first kappa shape index (κ1) is 14.4. The Labute approximate surface area is 129 Å². The molecule has 1 aliphatic rings. The highest BCUT2D eigenvalue weighted by atomic mass is 35.5. The van der Waals surface area contributed by atoms with E-state index >= 15 is 0 Å². The van der Waals surface area contributed by atoms with Crippen LogP contribution in [0.4, 0.5) is 5.69 Å². The van der Waals surface area contributed by atoms with Crippen LogP contribution in [0.15, 0.2) is 41.4 Å². The molecule has 0 N–H and O–H groups in total. The van der Waals surface area contributed by atoms with Crippen molar-refractivity contribution in [3.05, 3.63) is 52.8 Å². The SMILES string of the molecule is Cc1ccc2c(c1)CCCN2S(=O)(=O)c1ccc(Cl)nc1. The van der Waals surface area contributed by atoms with Crippen molar-refractivity contribution in [2.75, 3.05) is 10.8 Å². The number of nitrogens with zero attached hydrogens (tertiary/aromatic N) is 2. The maximum Gasteiger partial charge on any atom is 0.265 e. The van der Waals surface area contributed by atoms with Gasteiger partial charge in [-0.15, -0.1) is 0 Å². The quantitative estimate of drug-likeness (QED) is 0.798. The Morgan fingerprint density at radius 1 is 1.24 bits per heavy atom. The highest BCUT2D eigenvalue weighted by molar-refractivity contribution is 7.92. The van der Waals surface area contributed by atoms with Gasteiger partial charge < -0.3 is 0 Å². The van der Waals surface area contributed by atoms with Gasteiger partial charge in [-0.3, -0.25) is 4.31 Å². The molecule has 0 aliphatic carbocycles. The lowest BCUT2D eigenvalue weighted by molar-refractivity contribution is 0.586. The van der Waals surface area contributed by atoms with Crippen molar-refractivity contribution >= 4 is 27.3 Å². The number of hydrogen-bond acceptors (Lipinski definition) is 3. The Morgan fingerprint density at radius 2 is 2.05 bits per heavy atom. The van der Waals surface area contributed by atoms with Crippen molar-refractivity contribution < 1.29 is 8.42 Å². The fourth-order valence-corrected chi connectivity index (χ4v) is 4.18. The van der Waals surface area contributed by atoms with Crippen molar-refractivity contribution in [3.8, 4) is 0 Å². The number of hydrogen-bond donors (Lipinski definition) is 0. The van der Waals surface area contributed by atoms with Crippen LogP contribution >= 0.6 is 11.6 Å². The van der Waals surface area contributed by atoms with Gasteiger partial charge in [-0.2, -0.15) is 0 Å². The summed E-state index contributed by atoms with van der Waals surface area (Å²) in [5.74, 6) is 0. The minimum atomic E-state index is -3.59. The number of aromatic nitrogens is 1. The number of pyridine rings is 1. The summed E-state index contributed by atoms with van der Waals surface area (Å²) in [7, 11) is -3.59. The summed E-state index contributed by atoms with van der Waals surface area (Å²) in [6, 6.07) is 8.86. The van der Waals surface area contributed by atoms with Gasteiger partial charge in [0, 0.05) is 12.7 Å². The van der Waals surface area contributed by atoms with Gasteiger partial charge in [0.25, 0.3) is 10.0 Å². The van der Waals surface area contributed by atoms with Crippen LogP contribution in [0.2, 0.25) is 5.15 Å². The van der Waals surface area contributed by atoms with E-state index < -0.39 is 10.0 Å². The van der Waals surface area contributed by atoms with Crippen LogP contribution in [0, 0.1) is 6.92 Å². The van der Waals surface area contributed by atoms with Gasteiger partial charge in [-0.1, -0.05) is 29.3 Å². The maximum atomic E-state index is 12.8. The minimum Gasteiger partial charge on any atom is -0.266 e. The first-order valence-electron chi connectivity index (χ1n) is 6.72. The normalized spacial score (nSPS) is 14.9. The van der Waals surface area contributed by atoms with Crippen molar-refractivity contribution in [2.24, 2.45) is 0 Å². The molecule has 0 spiro atoms. The topological polar surface area (TPSA) is 50.3 Å². The van der Waals surface area contributed by atoms with E-state index in [-0.39, 0.29) is 10.0 Å². The molecule has 21 heavy (non-hydrogen) atoms. The van der Waals surface area contributed by atoms with Crippen LogP contribution in [0.5, 0.6) is 0 Å². The Morgan fingerprint density at radius 3 is 2.76 bits per heavy atom. The number of rotatable bonds is 2. The van der Waals surface area contributed by atoms with Crippen molar-refractivity contribution in [1.29, 1.82) is 0 Å². The van der Waals surface area contributed by atoms with E-state index in [1.165, 1.54) is 22.6 Å². The van der Waals surface area contributed by atoms with Gasteiger partial charge >= 0.3 is 0 Å². The molecule has 0 saturated heterocycles. The zero-order chi connectivity index (χ0) is 15.0. The third-order valence-electron chi connectivity index (χ3n) is 3.60. The number of halogens is 1. The Hall–Kier alpha value is -1.59. The number of benzene rings is 1. The van der Waals surface area contributed by atoms with E-state index in [0.29, 0.717) is 6.54 Å². The third kappa shape index (κ3) is 2.63. The van der Waals surface area contributed by atoms with E-state index in [2.05, 4.69) is 11.1 Å². The average Bonchev–Trinajstić information content (AvgIpc) is 2.46. The summed E-state index contributed by atoms with van der Waals surface area (Å²) in [4.78, 5) is 4.04. The first-order chi connectivity index (χ1) is 9.98. The van der Waals surface area contributed by atoms with Crippen LogP contribution in [0.25, 0.3) is 0 Å². The fraction of sp³-hybridized carbons (Fsp3) is 0.267. The lowest BCUT2D eigenvalue weighted by Gasteiger charge is -2.30. The zero-order valence-corrected chi connectivity index (χ0v) is 13.2. The molecule has 1 aromatic carbocycles. The molecule has 0 radical (unpaired) electrons. The number of fused-ring (bicyclic) bond motifs is 1. The Kier molecular flexibility index (Phi) is 3.63. The predicted molar refractivity (Wildman–Crippen MR) is 83.3 cm³/mol. The smallest absolute Gasteiger partial charge is 0.265 e. The molecule has 6 heteroatoms. The summed E-state index contributed by atoms with van der Waals surface area (Å²) in [5, 5.41) is 0.281. The molecular weight excluding hydrogens is 308 g/mol. The number of anilines is 1. The molecular formula is C15H15ClN2O2S. The second kappa shape index (κ2) is 5.31. The van der Waals surface area contributed by atoms with E-state index in [1.807, 2.05) is 19.1 Å². The van der Waals surface area contributed by atoms with Gasteiger partial charge in [0.2, 0.25) is 0 Å². The van der Waals surface area contributed by atoms with E-state index in [4.69, 9.17) is 11.6 Å². The largest absolute Gasteiger partial charge is 0.266 e. The second-order valence-electron chi connectivity index (χ2n) is 5.13. The molecule has 0 unspecified atom stereocenters. The van der Waals surface area contributed by atoms with Gasteiger partial charge in [0.05, 0.1) is 5.69 Å². The Balaban J connectivity index is 2.07. The van der Waals surface area contributed by atoms with E-state index in [1.54, 1.807) is 0 Å². The van der Waals surface area contributed by atoms with E-state index in [9.17, 15) is 8.42 Å². The van der Waals surface area contributed by atoms with Gasteiger partial charge in [0.15, 0.2) is 0 Å². The van der Waals surface area contributed by atoms with Crippen LogP contribution in [-0.2, 0) is 16.4 Å². The summed E-state index contributed by atoms with van der Waals surface area (Å²) < 4.78 is 27.0. The highest BCUT2D eigenvalue weighted by Gasteiger charge is 2.29. The van der Waals surface area contributed by atoms with Crippen LogP contribution in [0.3, 0.4) is 0 Å². The second-order valence-corrected chi connectivity index (χ2v) is 7.38. The molecule has 2 heterocycles. The van der Waals surface area contributed by atoms with Crippen LogP contribution in [-0.4, -0.2) is 19.9 Å². The van der Waals surface area contributed by atoms with Crippen molar-refractivity contribution in [1.82, 2.24) is 4.98 Å². The van der Waals surface area contributed by atoms with Gasteiger partial charge in [-0.05, 0) is 43.5 Å². The molecule has 4 nitrogen and oxygen atoms in total. The summed E-state index contributed by atoms with van der Waals surface area (Å²) in [5.41, 5.74) is 2.98. The Bertz CT molecular complexity index is 773. The highest BCUT2D eigenvalue weighted by Crippen LogP contribution is 2.32. The molecule has 2 aromatic rings. The van der Waals surface area contributed by atoms with Crippen molar-refractivity contribution in [3.63, 3.8) is 0 Å². The summed E-state index contributed by atoms with van der Waals surface area (Å²) in [6.45, 7) is 2.50. The van der Waals surface area contributed by atoms with Gasteiger partial charge in [-0.25, -0.2) is 13.4 Å². The lowest BCUT2D eigenvalue weighted by Crippen LogP contribution is -2.35. The zero-order valence-electron chi connectivity index (χ0n) is 11.6. The minimum absolute atomic E-state index is 0.167. The number of sulfonamides is 1. The van der Waals surface area contributed by atoms with E-state index in [0.717, 1.165) is 29.7 Å². The molecule has 1 aliphatic heterocycles. The average molecular weight is 323 g/mol. The van der Waals surface area contributed by atoms with Crippen molar-refractivity contribution in [2.45, 2.75) is 24.7 Å². The molecule has 0 atom stereocenters. The molecule has 0 bridgehead atoms. The third-order valence-corrected chi connectivity index (χ3v) is 5.62. The van der Waals surface area contributed by atoms with Crippen LogP contribution < -0.4 is 4.31 Å². The first-order valence-corrected chi connectivity index (χ1v) is 8.54. The fourth-order valence-electron chi connectivity index (χ4n) is 2.58. The maximum absolute atomic E-state index is 12.8. The van der Waals surface area contributed by atoms with Gasteiger partial charge in [0.1, 0.15) is 10.0 Å². The lowest BCUT2D eigenvalue weighted by atomic mass is 10.0. The molecule has 0 fully saturated rings.